The number of hydrogen-bond acceptors (Lipinski definition) is 6. The summed E-state index contributed by atoms with van der Waals surface area (Å²) in [6.07, 6.45) is -0.0610. The molecule has 1 amide bonds. The number of hydrogen-bond donors (Lipinski definition) is 1. The van der Waals surface area contributed by atoms with Gasteiger partial charge in [0.15, 0.2) is 0 Å². The van der Waals surface area contributed by atoms with E-state index in [1.54, 1.807) is 0 Å². The average Bonchev–Trinajstić information content (AvgIpc) is 2.72. The van der Waals surface area contributed by atoms with E-state index in [4.69, 9.17) is 0 Å². The molecule has 0 saturated carbocycles. The fraction of sp³-hybridized carbons (Fsp3) is 0.462. The van der Waals surface area contributed by atoms with Crippen LogP contribution in [0.1, 0.15) is 6.42 Å². The Bertz CT molecular complexity index is 791. The predicted octanol–water partition coefficient (Wildman–Crippen LogP) is 0.0148. The molecule has 1 N–H and O–H groups in total. The van der Waals surface area contributed by atoms with E-state index in [0.717, 1.165) is 4.31 Å². The molecule has 2 rings (SSSR count). The van der Waals surface area contributed by atoms with Crippen LogP contribution in [0.3, 0.4) is 0 Å². The van der Waals surface area contributed by atoms with Crippen molar-refractivity contribution in [2.45, 2.75) is 11.3 Å². The standard InChI is InChI=1S/C13H19N3O5S2.ClH/c1-15(2)9-8-14-23(20,21)12-5-3-11(4-6-12)16-13(17)7-10-22(16,18)19;/h3-6,14H,7-10H2,1-2H3;1H. The Morgan fingerprint density at radius 2 is 1.79 bits per heavy atom. The number of likely N-dealkylation sites (N-methyl/N-ethyl adjacent to an activating group) is 1. The van der Waals surface area contributed by atoms with Gasteiger partial charge in [0, 0.05) is 19.5 Å². The molecular formula is C13H20ClN3O5S2. The monoisotopic (exact) mass is 397 g/mol. The van der Waals surface area contributed by atoms with E-state index in [1.165, 1.54) is 24.3 Å². The van der Waals surface area contributed by atoms with Gasteiger partial charge in [-0.05, 0) is 38.4 Å². The lowest BCUT2D eigenvalue weighted by Crippen LogP contribution is -2.31. The smallest absolute Gasteiger partial charge is 0.242 e. The molecule has 1 heterocycles. The highest BCUT2D eigenvalue weighted by atomic mass is 35.5. The predicted molar refractivity (Wildman–Crippen MR) is 93.3 cm³/mol. The van der Waals surface area contributed by atoms with Gasteiger partial charge in [0.1, 0.15) is 0 Å². The largest absolute Gasteiger partial charge is 0.308 e. The summed E-state index contributed by atoms with van der Waals surface area (Å²) < 4.78 is 51.1. The summed E-state index contributed by atoms with van der Waals surface area (Å²) in [7, 11) is -3.66. The summed E-state index contributed by atoms with van der Waals surface area (Å²) in [5.74, 6) is -0.734. The van der Waals surface area contributed by atoms with Crippen molar-refractivity contribution in [2.24, 2.45) is 0 Å². The van der Waals surface area contributed by atoms with E-state index in [2.05, 4.69) is 4.72 Å². The first-order valence-corrected chi connectivity index (χ1v) is 10.0. The van der Waals surface area contributed by atoms with Crippen LogP contribution in [-0.2, 0) is 24.8 Å². The highest BCUT2D eigenvalue weighted by Gasteiger charge is 2.36. The zero-order valence-electron chi connectivity index (χ0n) is 13.3. The molecule has 1 aliphatic rings. The maximum atomic E-state index is 12.1. The normalized spacial score (nSPS) is 17.1. The summed E-state index contributed by atoms with van der Waals surface area (Å²) in [5.41, 5.74) is 0.153. The van der Waals surface area contributed by atoms with Gasteiger partial charge in [0.05, 0.1) is 16.3 Å². The number of nitrogens with zero attached hydrogens (tertiary/aromatic N) is 2. The van der Waals surface area contributed by atoms with Crippen molar-refractivity contribution in [1.82, 2.24) is 9.62 Å². The molecule has 0 radical (unpaired) electrons. The van der Waals surface area contributed by atoms with Crippen LogP contribution in [-0.4, -0.2) is 60.6 Å². The Morgan fingerprint density at radius 3 is 2.25 bits per heavy atom. The molecule has 1 aromatic carbocycles. The minimum Gasteiger partial charge on any atom is -0.308 e. The summed E-state index contributed by atoms with van der Waals surface area (Å²) in [4.78, 5) is 13.5. The minimum absolute atomic E-state index is 0. The number of halogens is 1. The van der Waals surface area contributed by atoms with E-state index in [1.807, 2.05) is 19.0 Å². The van der Waals surface area contributed by atoms with Gasteiger partial charge in [-0.25, -0.2) is 25.9 Å². The molecular weight excluding hydrogens is 378 g/mol. The number of amides is 1. The zero-order chi connectivity index (χ0) is 17.3. The van der Waals surface area contributed by atoms with E-state index in [9.17, 15) is 21.6 Å². The molecule has 24 heavy (non-hydrogen) atoms. The van der Waals surface area contributed by atoms with Crippen LogP contribution in [0.2, 0.25) is 0 Å². The Morgan fingerprint density at radius 1 is 1.21 bits per heavy atom. The molecule has 0 unspecified atom stereocenters. The quantitative estimate of drug-likeness (QED) is 0.725. The van der Waals surface area contributed by atoms with Crippen LogP contribution in [0.5, 0.6) is 0 Å². The molecule has 1 saturated heterocycles. The highest BCUT2D eigenvalue weighted by molar-refractivity contribution is 7.94. The van der Waals surface area contributed by atoms with E-state index in [-0.39, 0.29) is 41.7 Å². The molecule has 0 aliphatic carbocycles. The van der Waals surface area contributed by atoms with E-state index < -0.39 is 26.0 Å². The molecule has 0 bridgehead atoms. The fourth-order valence-corrected chi connectivity index (χ4v) is 4.60. The fourth-order valence-electron chi connectivity index (χ4n) is 2.12. The number of carbonyl (C=O) groups is 1. The molecule has 1 aromatic rings. The van der Waals surface area contributed by atoms with Gasteiger partial charge in [0.2, 0.25) is 26.0 Å². The third-order valence-electron chi connectivity index (χ3n) is 3.31. The van der Waals surface area contributed by atoms with Crippen molar-refractivity contribution in [1.29, 1.82) is 0 Å². The van der Waals surface area contributed by atoms with Gasteiger partial charge < -0.3 is 4.90 Å². The molecule has 136 valence electrons. The molecule has 0 aromatic heterocycles. The second kappa shape index (κ2) is 7.79. The van der Waals surface area contributed by atoms with E-state index >= 15 is 0 Å². The van der Waals surface area contributed by atoms with E-state index in [0.29, 0.717) is 6.54 Å². The van der Waals surface area contributed by atoms with Gasteiger partial charge in [-0.3, -0.25) is 4.79 Å². The number of rotatable bonds is 6. The van der Waals surface area contributed by atoms with Crippen molar-refractivity contribution >= 4 is 44.0 Å². The average molecular weight is 398 g/mol. The number of anilines is 1. The first-order valence-electron chi connectivity index (χ1n) is 6.94. The van der Waals surface area contributed by atoms with Crippen molar-refractivity contribution in [3.8, 4) is 0 Å². The number of benzene rings is 1. The summed E-state index contributed by atoms with van der Waals surface area (Å²) in [5, 5.41) is 0. The molecule has 8 nitrogen and oxygen atoms in total. The van der Waals surface area contributed by atoms with Crippen LogP contribution in [0.15, 0.2) is 29.2 Å². The SMILES string of the molecule is CN(C)CCNS(=O)(=O)c1ccc(N2C(=O)CCS2(=O)=O)cc1.Cl. The second-order valence-corrected chi connectivity index (χ2v) is 9.12. The maximum absolute atomic E-state index is 12.1. The maximum Gasteiger partial charge on any atom is 0.242 e. The lowest BCUT2D eigenvalue weighted by Gasteiger charge is -2.15. The van der Waals surface area contributed by atoms with Crippen molar-refractivity contribution in [3.63, 3.8) is 0 Å². The Kier molecular flexibility index (Phi) is 6.76. The Labute approximate surface area is 148 Å². The van der Waals surface area contributed by atoms with Crippen LogP contribution in [0, 0.1) is 0 Å². The van der Waals surface area contributed by atoms with Crippen LogP contribution >= 0.6 is 12.4 Å². The van der Waals surface area contributed by atoms with Crippen molar-refractivity contribution in [2.75, 3.05) is 37.2 Å². The highest BCUT2D eigenvalue weighted by Crippen LogP contribution is 2.26. The van der Waals surface area contributed by atoms with Gasteiger partial charge in [0.25, 0.3) is 0 Å². The number of sulfonamides is 2. The minimum atomic E-state index is -3.67. The first kappa shape index (κ1) is 20.8. The molecule has 1 fully saturated rings. The van der Waals surface area contributed by atoms with Gasteiger partial charge in [-0.2, -0.15) is 0 Å². The molecule has 0 atom stereocenters. The summed E-state index contributed by atoms with van der Waals surface area (Å²) in [6.45, 7) is 0.813. The van der Waals surface area contributed by atoms with Crippen molar-refractivity contribution < 1.29 is 21.6 Å². The van der Waals surface area contributed by atoms with Crippen LogP contribution in [0.4, 0.5) is 5.69 Å². The Balaban J connectivity index is 0.00000288. The van der Waals surface area contributed by atoms with Gasteiger partial charge >= 0.3 is 0 Å². The second-order valence-electron chi connectivity index (χ2n) is 5.42. The molecule has 0 spiro atoms. The molecule has 1 aliphatic heterocycles. The van der Waals surface area contributed by atoms with Crippen LogP contribution in [0.25, 0.3) is 0 Å². The topological polar surface area (TPSA) is 104 Å². The third kappa shape index (κ3) is 4.67. The third-order valence-corrected chi connectivity index (χ3v) is 6.48. The lowest BCUT2D eigenvalue weighted by atomic mass is 10.3. The van der Waals surface area contributed by atoms with Crippen molar-refractivity contribution in [3.05, 3.63) is 24.3 Å². The molecule has 11 heteroatoms. The van der Waals surface area contributed by atoms with Gasteiger partial charge in [-0.1, -0.05) is 0 Å². The lowest BCUT2D eigenvalue weighted by molar-refractivity contribution is -0.116. The number of carbonyl (C=O) groups excluding carboxylic acids is 1. The Hall–Kier alpha value is -1.20. The summed E-state index contributed by atoms with van der Waals surface area (Å²) >= 11 is 0. The van der Waals surface area contributed by atoms with Gasteiger partial charge in [-0.15, -0.1) is 12.4 Å². The summed E-state index contributed by atoms with van der Waals surface area (Å²) in [6, 6.07) is 5.21. The zero-order valence-corrected chi connectivity index (χ0v) is 15.7. The van der Waals surface area contributed by atoms with Crippen LogP contribution < -0.4 is 9.03 Å². The number of nitrogens with one attached hydrogen (secondary N) is 1. The first-order chi connectivity index (χ1) is 10.6.